The second-order valence-corrected chi connectivity index (χ2v) is 6.56. The summed E-state index contributed by atoms with van der Waals surface area (Å²) in [4.78, 5) is 11.9. The van der Waals surface area contributed by atoms with Crippen LogP contribution in [0.25, 0.3) is 6.08 Å². The summed E-state index contributed by atoms with van der Waals surface area (Å²) in [6.07, 6.45) is 6.11. The minimum Gasteiger partial charge on any atom is -0.493 e. The summed E-state index contributed by atoms with van der Waals surface area (Å²) in [6, 6.07) is 3.48. The maximum atomic E-state index is 11.9. The van der Waals surface area contributed by atoms with E-state index in [1.807, 2.05) is 13.8 Å². The van der Waals surface area contributed by atoms with E-state index < -0.39 is 5.97 Å². The molecule has 25 heavy (non-hydrogen) atoms. The zero-order valence-corrected chi connectivity index (χ0v) is 15.7. The third-order valence-electron chi connectivity index (χ3n) is 3.70. The van der Waals surface area contributed by atoms with Gasteiger partial charge >= 0.3 is 5.97 Å². The lowest BCUT2D eigenvalue weighted by Gasteiger charge is -2.21. The van der Waals surface area contributed by atoms with Gasteiger partial charge in [-0.1, -0.05) is 11.6 Å². The second-order valence-electron chi connectivity index (χ2n) is 6.15. The van der Waals surface area contributed by atoms with E-state index in [1.165, 1.54) is 6.08 Å². The summed E-state index contributed by atoms with van der Waals surface area (Å²) in [6.45, 7) is 4.85. The Morgan fingerprint density at radius 2 is 2.20 bits per heavy atom. The van der Waals surface area contributed by atoms with Crippen LogP contribution in [0.5, 0.6) is 11.5 Å². The number of hydrogen-bond acceptors (Lipinski definition) is 5. The van der Waals surface area contributed by atoms with Gasteiger partial charge < -0.3 is 18.9 Å². The van der Waals surface area contributed by atoms with Crippen molar-refractivity contribution < 1.29 is 23.7 Å². The molecule has 0 radical (unpaired) electrons. The molecule has 0 aromatic heterocycles. The number of carbonyl (C=O) groups excluding carboxylic acids is 1. The van der Waals surface area contributed by atoms with E-state index in [-0.39, 0.29) is 18.8 Å². The molecule has 1 unspecified atom stereocenters. The molecule has 1 atom stereocenters. The van der Waals surface area contributed by atoms with Gasteiger partial charge in [-0.3, -0.25) is 0 Å². The highest BCUT2D eigenvalue weighted by molar-refractivity contribution is 6.32. The average molecular weight is 369 g/mol. The van der Waals surface area contributed by atoms with Crippen LogP contribution in [0.4, 0.5) is 0 Å². The molecule has 5 nitrogen and oxygen atoms in total. The highest BCUT2D eigenvalue weighted by Gasteiger charge is 2.15. The molecule has 1 aromatic carbocycles. The lowest BCUT2D eigenvalue weighted by Crippen LogP contribution is -2.25. The first-order valence-corrected chi connectivity index (χ1v) is 8.88. The van der Waals surface area contributed by atoms with Crippen LogP contribution in [-0.2, 0) is 14.3 Å². The van der Waals surface area contributed by atoms with Crippen molar-refractivity contribution in [1.29, 1.82) is 0 Å². The molecular weight excluding hydrogens is 344 g/mol. The van der Waals surface area contributed by atoms with Crippen molar-refractivity contribution >= 4 is 23.6 Å². The van der Waals surface area contributed by atoms with Gasteiger partial charge in [0.25, 0.3) is 0 Å². The van der Waals surface area contributed by atoms with Crippen molar-refractivity contribution in [2.45, 2.75) is 45.3 Å². The van der Waals surface area contributed by atoms with Gasteiger partial charge in [-0.15, -0.1) is 0 Å². The molecule has 1 saturated heterocycles. The van der Waals surface area contributed by atoms with E-state index >= 15 is 0 Å². The van der Waals surface area contributed by atoms with Crippen LogP contribution in [0, 0.1) is 0 Å². The number of ether oxygens (including phenoxy) is 4. The first-order valence-electron chi connectivity index (χ1n) is 8.50. The first kappa shape index (κ1) is 19.6. The van der Waals surface area contributed by atoms with Gasteiger partial charge in [0, 0.05) is 12.7 Å². The highest BCUT2D eigenvalue weighted by atomic mass is 35.5. The van der Waals surface area contributed by atoms with E-state index in [1.54, 1.807) is 25.3 Å². The molecule has 138 valence electrons. The SMILES string of the molecule is COc1cc(/C=C/C(=O)OCC2CCCCO2)cc(Cl)c1OC(C)C. The summed E-state index contributed by atoms with van der Waals surface area (Å²) < 4.78 is 21.8. The number of carbonyl (C=O) groups is 1. The molecular formula is C19H25ClO5. The van der Waals surface area contributed by atoms with Crippen LogP contribution < -0.4 is 9.47 Å². The summed E-state index contributed by atoms with van der Waals surface area (Å²) in [7, 11) is 1.55. The predicted octanol–water partition coefficient (Wildman–Crippen LogP) is 4.26. The molecule has 6 heteroatoms. The van der Waals surface area contributed by atoms with E-state index in [9.17, 15) is 4.79 Å². The summed E-state index contributed by atoms with van der Waals surface area (Å²) in [5, 5.41) is 0.427. The normalized spacial score (nSPS) is 17.7. The van der Waals surface area contributed by atoms with Gasteiger partial charge in [0.2, 0.25) is 0 Å². The van der Waals surface area contributed by atoms with Crippen LogP contribution in [0.15, 0.2) is 18.2 Å². The van der Waals surface area contributed by atoms with Crippen LogP contribution in [-0.4, -0.2) is 38.5 Å². The van der Waals surface area contributed by atoms with E-state index in [0.717, 1.165) is 31.4 Å². The Kier molecular flexibility index (Phi) is 7.59. The minimum absolute atomic E-state index is 0.00750. The Morgan fingerprint density at radius 1 is 1.40 bits per heavy atom. The molecule has 0 spiro atoms. The quantitative estimate of drug-likeness (QED) is 0.531. The molecule has 1 heterocycles. The van der Waals surface area contributed by atoms with Crippen LogP contribution in [0.1, 0.15) is 38.7 Å². The van der Waals surface area contributed by atoms with Crippen molar-refractivity contribution in [2.24, 2.45) is 0 Å². The Hall–Kier alpha value is -1.72. The highest BCUT2D eigenvalue weighted by Crippen LogP contribution is 2.37. The smallest absolute Gasteiger partial charge is 0.330 e. The Bertz CT molecular complexity index is 606. The largest absolute Gasteiger partial charge is 0.493 e. The molecule has 0 saturated carbocycles. The number of benzene rings is 1. The fraction of sp³-hybridized carbons (Fsp3) is 0.526. The molecule has 1 aliphatic rings. The maximum absolute atomic E-state index is 11.9. The Labute approximate surface area is 153 Å². The topological polar surface area (TPSA) is 54.0 Å². The molecule has 0 aliphatic carbocycles. The Morgan fingerprint density at radius 3 is 2.84 bits per heavy atom. The van der Waals surface area contributed by atoms with Gasteiger partial charge in [0.05, 0.1) is 24.3 Å². The molecule has 2 rings (SSSR count). The second kappa shape index (κ2) is 9.68. The summed E-state index contributed by atoms with van der Waals surface area (Å²) in [5.41, 5.74) is 0.726. The van der Waals surface area contributed by atoms with Crippen LogP contribution >= 0.6 is 11.6 Å². The third kappa shape index (κ3) is 6.25. The molecule has 1 aliphatic heterocycles. The fourth-order valence-corrected chi connectivity index (χ4v) is 2.78. The van der Waals surface area contributed by atoms with Crippen LogP contribution in [0.2, 0.25) is 5.02 Å². The number of esters is 1. The van der Waals surface area contributed by atoms with Gasteiger partial charge in [-0.2, -0.15) is 0 Å². The van der Waals surface area contributed by atoms with E-state index in [4.69, 9.17) is 30.5 Å². The minimum atomic E-state index is -0.410. The van der Waals surface area contributed by atoms with Crippen molar-refractivity contribution in [1.82, 2.24) is 0 Å². The average Bonchev–Trinajstić information content (AvgIpc) is 2.60. The number of halogens is 1. The van der Waals surface area contributed by atoms with Crippen molar-refractivity contribution in [3.8, 4) is 11.5 Å². The lowest BCUT2D eigenvalue weighted by molar-refractivity contribution is -0.143. The monoisotopic (exact) mass is 368 g/mol. The number of methoxy groups -OCH3 is 1. The summed E-state index contributed by atoms with van der Waals surface area (Å²) >= 11 is 6.26. The number of rotatable bonds is 7. The number of hydrogen-bond donors (Lipinski definition) is 0. The molecule has 0 amide bonds. The van der Waals surface area contributed by atoms with E-state index in [0.29, 0.717) is 16.5 Å². The standard InChI is InChI=1S/C19H25ClO5/c1-13(2)25-19-16(20)10-14(11-17(19)22-3)7-8-18(21)24-12-15-6-4-5-9-23-15/h7-8,10-11,13,15H,4-6,9,12H2,1-3H3/b8-7+. The van der Waals surface area contributed by atoms with Gasteiger partial charge in [0.1, 0.15) is 6.61 Å². The van der Waals surface area contributed by atoms with Gasteiger partial charge in [-0.25, -0.2) is 4.79 Å². The maximum Gasteiger partial charge on any atom is 0.330 e. The molecule has 0 bridgehead atoms. The zero-order valence-electron chi connectivity index (χ0n) is 14.9. The van der Waals surface area contributed by atoms with Crippen molar-refractivity contribution in [3.05, 3.63) is 28.8 Å². The molecule has 0 N–H and O–H groups in total. The van der Waals surface area contributed by atoms with Gasteiger partial charge in [-0.05, 0) is 56.9 Å². The van der Waals surface area contributed by atoms with E-state index in [2.05, 4.69) is 0 Å². The van der Waals surface area contributed by atoms with Gasteiger partial charge in [0.15, 0.2) is 11.5 Å². The van der Waals surface area contributed by atoms with Crippen LogP contribution in [0.3, 0.4) is 0 Å². The fourth-order valence-electron chi connectivity index (χ4n) is 2.51. The Balaban J connectivity index is 1.97. The summed E-state index contributed by atoms with van der Waals surface area (Å²) in [5.74, 6) is 0.602. The van der Waals surface area contributed by atoms with Crippen molar-refractivity contribution in [3.63, 3.8) is 0 Å². The zero-order chi connectivity index (χ0) is 18.2. The molecule has 1 aromatic rings. The third-order valence-corrected chi connectivity index (χ3v) is 3.98. The first-order chi connectivity index (χ1) is 12.0. The lowest BCUT2D eigenvalue weighted by atomic mass is 10.1. The predicted molar refractivity (Wildman–Crippen MR) is 97.4 cm³/mol. The van der Waals surface area contributed by atoms with Crippen molar-refractivity contribution in [2.75, 3.05) is 20.3 Å². The molecule has 1 fully saturated rings.